The largest absolute Gasteiger partial charge is 0.461 e. The van der Waals surface area contributed by atoms with Crippen molar-refractivity contribution in [3.63, 3.8) is 0 Å². The van der Waals surface area contributed by atoms with E-state index in [1.807, 2.05) is 60.7 Å². The summed E-state index contributed by atoms with van der Waals surface area (Å²) in [6, 6.07) is 19.2. The second-order valence-electron chi connectivity index (χ2n) is 22.2. The number of benzene rings is 2. The Bertz CT molecular complexity index is 1890. The molecule has 2 aromatic carbocycles. The van der Waals surface area contributed by atoms with Gasteiger partial charge in [-0.1, -0.05) is 144 Å². The Balaban J connectivity index is 1.90. The van der Waals surface area contributed by atoms with Crippen LogP contribution >= 0.6 is 0 Å². The van der Waals surface area contributed by atoms with Crippen LogP contribution in [0.2, 0.25) is 0 Å². The maximum absolute atomic E-state index is 13.0. The second-order valence-corrected chi connectivity index (χ2v) is 22.2. The van der Waals surface area contributed by atoms with E-state index in [0.717, 1.165) is 146 Å². The Hall–Kier alpha value is -5.36. The zero-order valence-corrected chi connectivity index (χ0v) is 50.9. The van der Waals surface area contributed by atoms with E-state index in [-0.39, 0.29) is 139 Å². The van der Waals surface area contributed by atoms with E-state index in [2.05, 4.69) is 16.0 Å². The molecule has 3 N–H and O–H groups in total. The van der Waals surface area contributed by atoms with Gasteiger partial charge in [-0.3, -0.25) is 28.8 Å². The predicted molar refractivity (Wildman–Crippen MR) is 322 cm³/mol. The fraction of sp³-hybridized carbons (Fsp3) is 0.697. The minimum absolute atomic E-state index is 0.0835. The first kappa shape index (κ1) is 73.7. The molecule has 0 saturated carbocycles. The average Bonchev–Trinajstić information content (AvgIpc) is 3.47. The summed E-state index contributed by atoms with van der Waals surface area (Å²) < 4.78 is 35.5. The molecule has 17 nitrogen and oxygen atoms in total. The van der Waals surface area contributed by atoms with Gasteiger partial charge in [0.05, 0.1) is 58.3 Å². The molecule has 0 aliphatic heterocycles. The van der Waals surface area contributed by atoms with Crippen LogP contribution in [0.1, 0.15) is 218 Å². The van der Waals surface area contributed by atoms with E-state index in [1.165, 1.54) is 0 Å². The number of esters is 2. The smallest absolute Gasteiger partial charge is 0.306 e. The van der Waals surface area contributed by atoms with Crippen molar-refractivity contribution >= 4 is 47.0 Å². The summed E-state index contributed by atoms with van der Waals surface area (Å²) >= 11 is 0. The molecule has 2 aromatic rings. The van der Waals surface area contributed by atoms with Gasteiger partial charge in [0, 0.05) is 77.4 Å². The number of hydrogen-bond acceptors (Lipinski definition) is 14. The SMILES string of the molecule is CC(=O)CCCCCCCNC(=O)CCOCC(COCCC(=O)CCCCCCCCC(=O)OCc1ccccc1)(COCCC(=O)NCCCCCCCC(C)=O)COCCC(=O)NCCCCCCCC(=O)OCc1ccccc1. The van der Waals surface area contributed by atoms with E-state index >= 15 is 0 Å². The van der Waals surface area contributed by atoms with Gasteiger partial charge >= 0.3 is 11.9 Å². The molecular formula is C66H105N3O14. The molecule has 0 heterocycles. The van der Waals surface area contributed by atoms with Crippen LogP contribution < -0.4 is 16.0 Å². The Labute approximate surface area is 497 Å². The quantitative estimate of drug-likeness (QED) is 0.0414. The molecule has 0 unspecified atom stereocenters. The predicted octanol–water partition coefficient (Wildman–Crippen LogP) is 11.3. The number of nitrogens with one attached hydrogen (secondary N) is 3. The van der Waals surface area contributed by atoms with Crippen molar-refractivity contribution in [1.29, 1.82) is 0 Å². The summed E-state index contributed by atoms with van der Waals surface area (Å²) in [5, 5.41) is 8.91. The highest BCUT2D eigenvalue weighted by atomic mass is 16.5. The van der Waals surface area contributed by atoms with Crippen LogP contribution in [0, 0.1) is 5.41 Å². The fourth-order valence-electron chi connectivity index (χ4n) is 9.06. The van der Waals surface area contributed by atoms with Crippen molar-refractivity contribution in [2.75, 3.05) is 72.5 Å². The topological polar surface area (TPSA) is 228 Å². The van der Waals surface area contributed by atoms with Gasteiger partial charge in [0.15, 0.2) is 0 Å². The Morgan fingerprint density at radius 1 is 0.337 bits per heavy atom. The molecular weight excluding hydrogens is 1060 g/mol. The first-order chi connectivity index (χ1) is 40.4. The monoisotopic (exact) mass is 1160 g/mol. The zero-order valence-electron chi connectivity index (χ0n) is 50.9. The van der Waals surface area contributed by atoms with Gasteiger partial charge in [-0.15, -0.1) is 0 Å². The lowest BCUT2D eigenvalue weighted by Crippen LogP contribution is -2.42. The zero-order chi connectivity index (χ0) is 60.1. The van der Waals surface area contributed by atoms with E-state index in [0.29, 0.717) is 51.7 Å². The number of hydrogen-bond donors (Lipinski definition) is 3. The number of ether oxygens (including phenoxy) is 6. The van der Waals surface area contributed by atoms with Gasteiger partial charge in [-0.25, -0.2) is 0 Å². The third-order valence-corrected chi connectivity index (χ3v) is 14.1. The Kier molecular flexibility index (Phi) is 45.4. The normalized spacial score (nSPS) is 11.3. The number of ketones is 3. The molecule has 0 radical (unpaired) electrons. The minimum Gasteiger partial charge on any atom is -0.461 e. The second kappa shape index (κ2) is 51.1. The summed E-state index contributed by atoms with van der Waals surface area (Å²) in [5.41, 5.74) is 1.02. The van der Waals surface area contributed by atoms with Crippen LogP contribution in [0.25, 0.3) is 0 Å². The standard InChI is InChI=1S/C66H105N3O14/c1-56(70)30-18-8-5-13-27-43-67-61(73)40-47-79-53-66(54-80-48-41-62(74)68-44-28-14-6-9-19-31-57(2)71,52-78-46-39-60(72)36-24-10-3-4-11-25-37-64(76)82-50-58-32-20-16-21-33-58)55-81-49-42-63(75)69-45-29-15-7-12-26-38-65(77)83-51-59-34-22-17-23-35-59/h16-17,20-23,32-35H,3-15,18-19,24-31,36-55H2,1-2H3,(H,67,73)(H,68,74)(H,69,75). The molecule has 0 bridgehead atoms. The van der Waals surface area contributed by atoms with Gasteiger partial charge in [0.1, 0.15) is 30.6 Å². The van der Waals surface area contributed by atoms with Crippen molar-refractivity contribution in [2.45, 2.75) is 220 Å². The highest BCUT2D eigenvalue weighted by molar-refractivity contribution is 5.78. The summed E-state index contributed by atoms with van der Waals surface area (Å²) in [4.78, 5) is 98.2. The van der Waals surface area contributed by atoms with Crippen LogP contribution in [0.5, 0.6) is 0 Å². The van der Waals surface area contributed by atoms with Gasteiger partial charge in [0.25, 0.3) is 0 Å². The van der Waals surface area contributed by atoms with Crippen molar-refractivity contribution < 1.29 is 66.8 Å². The molecule has 83 heavy (non-hydrogen) atoms. The van der Waals surface area contributed by atoms with Crippen LogP contribution in [0.15, 0.2) is 60.7 Å². The number of carbonyl (C=O) groups excluding carboxylic acids is 8. The van der Waals surface area contributed by atoms with E-state index in [1.54, 1.807) is 13.8 Å². The molecule has 0 atom stereocenters. The maximum atomic E-state index is 13.0. The van der Waals surface area contributed by atoms with Crippen LogP contribution in [0.3, 0.4) is 0 Å². The number of rotatable bonds is 57. The molecule has 0 aromatic heterocycles. The van der Waals surface area contributed by atoms with Gasteiger partial charge in [-0.2, -0.15) is 0 Å². The molecule has 0 fully saturated rings. The number of carbonyl (C=O) groups is 8. The lowest BCUT2D eigenvalue weighted by Gasteiger charge is -2.33. The summed E-state index contributed by atoms with van der Waals surface area (Å²) in [7, 11) is 0. The van der Waals surface area contributed by atoms with Crippen molar-refractivity contribution in [2.24, 2.45) is 5.41 Å². The molecule has 0 saturated heterocycles. The van der Waals surface area contributed by atoms with Crippen molar-refractivity contribution in [3.8, 4) is 0 Å². The van der Waals surface area contributed by atoms with Gasteiger partial charge in [-0.05, 0) is 76.3 Å². The number of unbranched alkanes of at least 4 members (excludes halogenated alkanes) is 17. The lowest BCUT2D eigenvalue weighted by atomic mass is 9.92. The number of Topliss-reactive ketones (excluding diaryl/α,β-unsaturated/α-hetero) is 3. The first-order valence-electron chi connectivity index (χ1n) is 31.4. The fourth-order valence-corrected chi connectivity index (χ4v) is 9.06. The van der Waals surface area contributed by atoms with Crippen LogP contribution in [0.4, 0.5) is 0 Å². The van der Waals surface area contributed by atoms with E-state index < -0.39 is 5.41 Å². The summed E-state index contributed by atoms with van der Waals surface area (Å²) in [6.07, 6.45) is 22.1. The maximum Gasteiger partial charge on any atom is 0.306 e. The van der Waals surface area contributed by atoms with Gasteiger partial charge < -0.3 is 54.0 Å². The van der Waals surface area contributed by atoms with E-state index in [9.17, 15) is 38.4 Å². The molecule has 2 rings (SSSR count). The highest BCUT2D eigenvalue weighted by Crippen LogP contribution is 2.22. The van der Waals surface area contributed by atoms with Crippen molar-refractivity contribution in [1.82, 2.24) is 16.0 Å². The third-order valence-electron chi connectivity index (χ3n) is 14.1. The molecule has 0 aliphatic carbocycles. The molecule has 0 spiro atoms. The molecule has 3 amide bonds. The molecule has 17 heteroatoms. The van der Waals surface area contributed by atoms with Crippen molar-refractivity contribution in [3.05, 3.63) is 71.8 Å². The third kappa shape index (κ3) is 45.7. The lowest BCUT2D eigenvalue weighted by molar-refractivity contribution is -0.146. The Morgan fingerprint density at radius 2 is 0.627 bits per heavy atom. The average molecular weight is 1160 g/mol. The van der Waals surface area contributed by atoms with Crippen LogP contribution in [-0.2, 0) is 80.0 Å². The van der Waals surface area contributed by atoms with Crippen LogP contribution in [-0.4, -0.2) is 119 Å². The van der Waals surface area contributed by atoms with E-state index in [4.69, 9.17) is 28.4 Å². The highest BCUT2D eigenvalue weighted by Gasteiger charge is 2.33. The minimum atomic E-state index is -0.908. The summed E-state index contributed by atoms with van der Waals surface area (Å²) in [6.45, 7) is 6.30. The molecule has 468 valence electrons. The number of amides is 3. The Morgan fingerprint density at radius 3 is 0.964 bits per heavy atom. The first-order valence-corrected chi connectivity index (χ1v) is 31.4. The van der Waals surface area contributed by atoms with Gasteiger partial charge in [0.2, 0.25) is 17.7 Å². The molecule has 0 aliphatic rings. The summed E-state index contributed by atoms with van der Waals surface area (Å²) in [5.74, 6) is -0.290.